The van der Waals surface area contributed by atoms with Crippen molar-refractivity contribution in [3.8, 4) is 0 Å². The molecule has 4 rings (SSSR count). The third-order valence-corrected chi connectivity index (χ3v) is 5.90. The van der Waals surface area contributed by atoms with Crippen LogP contribution in [0.5, 0.6) is 0 Å². The third-order valence-electron chi connectivity index (χ3n) is 5.90. The monoisotopic (exact) mass is 342 g/mol. The van der Waals surface area contributed by atoms with Crippen LogP contribution in [0.25, 0.3) is 11.0 Å². The molecule has 0 bridgehead atoms. The number of aromatic nitrogens is 2. The second-order valence-corrected chi connectivity index (χ2v) is 8.20. The van der Waals surface area contributed by atoms with E-state index < -0.39 is 0 Å². The minimum Gasteiger partial charge on any atom is -0.382 e. The number of anilines is 1. The number of aromatic amines is 1. The average molecular weight is 342 g/mol. The first-order valence-electron chi connectivity index (χ1n) is 9.65. The van der Waals surface area contributed by atoms with Crippen LogP contribution in [-0.2, 0) is 11.2 Å². The fourth-order valence-electron chi connectivity index (χ4n) is 4.15. The number of benzene rings is 1. The van der Waals surface area contributed by atoms with Crippen LogP contribution in [-0.4, -0.2) is 53.8 Å². The van der Waals surface area contributed by atoms with Crippen molar-refractivity contribution in [2.45, 2.75) is 45.6 Å². The predicted octanol–water partition coefficient (Wildman–Crippen LogP) is 3.43. The lowest BCUT2D eigenvalue weighted by Gasteiger charge is -2.28. The van der Waals surface area contributed by atoms with Crippen LogP contribution in [0.3, 0.4) is 0 Å². The highest BCUT2D eigenvalue weighted by molar-refractivity contribution is 5.79. The molecular formula is C20H30N4O. The van der Waals surface area contributed by atoms with Crippen molar-refractivity contribution in [1.82, 2.24) is 14.9 Å². The molecular weight excluding hydrogens is 312 g/mol. The maximum Gasteiger partial charge on any atom is 0.108 e. The lowest BCUT2D eigenvalue weighted by molar-refractivity contribution is 0.0382. The SMILES string of the molecule is CC1(C)CCCC1Nc1ccc2nc(CCN3CCOCC3)[nH]c2c1. The third kappa shape index (κ3) is 3.82. The first kappa shape index (κ1) is 16.9. The van der Waals surface area contributed by atoms with Crippen LogP contribution in [0, 0.1) is 5.41 Å². The van der Waals surface area contributed by atoms with Gasteiger partial charge in [-0.2, -0.15) is 0 Å². The van der Waals surface area contributed by atoms with Crippen molar-refractivity contribution in [3.63, 3.8) is 0 Å². The summed E-state index contributed by atoms with van der Waals surface area (Å²) in [5.74, 6) is 1.08. The molecule has 2 fully saturated rings. The van der Waals surface area contributed by atoms with E-state index >= 15 is 0 Å². The summed E-state index contributed by atoms with van der Waals surface area (Å²) >= 11 is 0. The molecule has 1 aromatic heterocycles. The minimum atomic E-state index is 0.381. The van der Waals surface area contributed by atoms with Gasteiger partial charge in [0.2, 0.25) is 0 Å². The van der Waals surface area contributed by atoms with Crippen LogP contribution in [0.1, 0.15) is 38.9 Å². The van der Waals surface area contributed by atoms with E-state index in [0.717, 1.165) is 56.1 Å². The van der Waals surface area contributed by atoms with E-state index in [1.807, 2.05) is 0 Å². The zero-order valence-corrected chi connectivity index (χ0v) is 15.5. The molecule has 1 aromatic carbocycles. The van der Waals surface area contributed by atoms with Crippen LogP contribution in [0.15, 0.2) is 18.2 Å². The van der Waals surface area contributed by atoms with E-state index in [2.05, 4.69) is 47.2 Å². The van der Waals surface area contributed by atoms with Gasteiger partial charge in [0.25, 0.3) is 0 Å². The van der Waals surface area contributed by atoms with Gasteiger partial charge in [-0.1, -0.05) is 20.3 Å². The molecule has 2 aromatic rings. The summed E-state index contributed by atoms with van der Waals surface area (Å²) in [6, 6.07) is 7.08. The standard InChI is InChI=1S/C20H30N4O/c1-20(2)8-3-4-18(20)21-15-5-6-16-17(14-15)23-19(22-16)7-9-24-10-12-25-13-11-24/h5-6,14,18,21H,3-4,7-13H2,1-2H3,(H,22,23). The summed E-state index contributed by atoms with van der Waals surface area (Å²) in [6.45, 7) is 9.56. The first-order valence-corrected chi connectivity index (χ1v) is 9.65. The number of morpholine rings is 1. The molecule has 25 heavy (non-hydrogen) atoms. The topological polar surface area (TPSA) is 53.2 Å². The van der Waals surface area contributed by atoms with Crippen LogP contribution in [0.2, 0.25) is 0 Å². The van der Waals surface area contributed by atoms with E-state index in [-0.39, 0.29) is 0 Å². The molecule has 1 aliphatic heterocycles. The summed E-state index contributed by atoms with van der Waals surface area (Å²) < 4.78 is 5.41. The van der Waals surface area contributed by atoms with E-state index in [1.54, 1.807) is 0 Å². The second kappa shape index (κ2) is 6.96. The van der Waals surface area contributed by atoms with Crippen LogP contribution >= 0.6 is 0 Å². The number of hydrogen-bond donors (Lipinski definition) is 2. The number of hydrogen-bond acceptors (Lipinski definition) is 4. The predicted molar refractivity (Wildman–Crippen MR) is 102 cm³/mol. The maximum absolute atomic E-state index is 5.41. The van der Waals surface area contributed by atoms with Crippen LogP contribution < -0.4 is 5.32 Å². The van der Waals surface area contributed by atoms with Crippen molar-refractivity contribution in [2.75, 3.05) is 38.2 Å². The van der Waals surface area contributed by atoms with E-state index in [0.29, 0.717) is 11.5 Å². The fraction of sp³-hybridized carbons (Fsp3) is 0.650. The summed E-state index contributed by atoms with van der Waals surface area (Å²) in [4.78, 5) is 10.7. The highest BCUT2D eigenvalue weighted by Gasteiger charge is 2.34. The van der Waals surface area contributed by atoms with Gasteiger partial charge in [-0.05, 0) is 36.5 Å². The summed E-state index contributed by atoms with van der Waals surface area (Å²) in [7, 11) is 0. The van der Waals surface area contributed by atoms with Gasteiger partial charge in [0.1, 0.15) is 5.82 Å². The number of ether oxygens (including phenoxy) is 1. The van der Waals surface area contributed by atoms with Crippen LogP contribution in [0.4, 0.5) is 5.69 Å². The van der Waals surface area contributed by atoms with Gasteiger partial charge in [0.05, 0.1) is 24.2 Å². The Hall–Kier alpha value is -1.59. The molecule has 0 amide bonds. The van der Waals surface area contributed by atoms with E-state index in [9.17, 15) is 0 Å². The molecule has 1 saturated heterocycles. The molecule has 2 heterocycles. The molecule has 136 valence electrons. The number of nitrogens with zero attached hydrogens (tertiary/aromatic N) is 2. The van der Waals surface area contributed by atoms with E-state index in [1.165, 1.54) is 24.9 Å². The van der Waals surface area contributed by atoms with Gasteiger partial charge in [-0.25, -0.2) is 4.98 Å². The quantitative estimate of drug-likeness (QED) is 0.874. The largest absolute Gasteiger partial charge is 0.382 e. The Balaban J connectivity index is 1.42. The van der Waals surface area contributed by atoms with E-state index in [4.69, 9.17) is 9.72 Å². The fourth-order valence-corrected chi connectivity index (χ4v) is 4.15. The zero-order chi connectivity index (χ0) is 17.3. The summed E-state index contributed by atoms with van der Waals surface area (Å²) in [5.41, 5.74) is 3.79. The minimum absolute atomic E-state index is 0.381. The van der Waals surface area contributed by atoms with Gasteiger partial charge in [-0.3, -0.25) is 4.90 Å². The van der Waals surface area contributed by atoms with Crippen molar-refractivity contribution >= 4 is 16.7 Å². The molecule has 0 spiro atoms. The number of fused-ring (bicyclic) bond motifs is 1. The molecule has 0 radical (unpaired) electrons. The zero-order valence-electron chi connectivity index (χ0n) is 15.5. The Morgan fingerprint density at radius 3 is 2.92 bits per heavy atom. The molecule has 5 heteroatoms. The Kier molecular flexibility index (Phi) is 4.69. The summed E-state index contributed by atoms with van der Waals surface area (Å²) in [6.07, 6.45) is 4.86. The molecule has 1 unspecified atom stereocenters. The van der Waals surface area contributed by atoms with Crippen molar-refractivity contribution in [1.29, 1.82) is 0 Å². The van der Waals surface area contributed by atoms with Crippen molar-refractivity contribution in [3.05, 3.63) is 24.0 Å². The Morgan fingerprint density at radius 1 is 1.32 bits per heavy atom. The number of nitrogens with one attached hydrogen (secondary N) is 2. The van der Waals surface area contributed by atoms with Gasteiger partial charge in [0.15, 0.2) is 0 Å². The first-order chi connectivity index (χ1) is 12.1. The van der Waals surface area contributed by atoms with Gasteiger partial charge < -0.3 is 15.0 Å². The molecule has 2 N–H and O–H groups in total. The Labute approximate surface area is 150 Å². The van der Waals surface area contributed by atoms with Gasteiger partial charge in [-0.15, -0.1) is 0 Å². The van der Waals surface area contributed by atoms with Gasteiger partial charge in [0, 0.05) is 37.8 Å². The normalized spacial score (nSPS) is 24.0. The molecule has 1 saturated carbocycles. The average Bonchev–Trinajstić information content (AvgIpc) is 3.16. The second-order valence-electron chi connectivity index (χ2n) is 8.20. The Bertz CT molecular complexity index is 718. The smallest absolute Gasteiger partial charge is 0.108 e. The lowest BCUT2D eigenvalue weighted by atomic mass is 9.87. The molecule has 5 nitrogen and oxygen atoms in total. The highest BCUT2D eigenvalue weighted by Crippen LogP contribution is 2.39. The maximum atomic E-state index is 5.41. The molecule has 2 aliphatic rings. The number of H-pyrrole nitrogens is 1. The van der Waals surface area contributed by atoms with Gasteiger partial charge >= 0.3 is 0 Å². The van der Waals surface area contributed by atoms with Crippen molar-refractivity contribution < 1.29 is 4.74 Å². The molecule has 1 atom stereocenters. The molecule has 1 aliphatic carbocycles. The highest BCUT2D eigenvalue weighted by atomic mass is 16.5. The lowest BCUT2D eigenvalue weighted by Crippen LogP contribution is -2.37. The number of imidazole rings is 1. The Morgan fingerprint density at radius 2 is 2.16 bits per heavy atom. The van der Waals surface area contributed by atoms with Crippen molar-refractivity contribution in [2.24, 2.45) is 5.41 Å². The summed E-state index contributed by atoms with van der Waals surface area (Å²) in [5, 5.41) is 3.75. The number of rotatable bonds is 5.